The maximum Gasteiger partial charge on any atom is 0.252 e. The lowest BCUT2D eigenvalue weighted by Gasteiger charge is -2.23. The van der Waals surface area contributed by atoms with Crippen LogP contribution < -0.4 is 5.32 Å². The van der Waals surface area contributed by atoms with Crippen LogP contribution in [0.4, 0.5) is 4.39 Å². The molecule has 1 saturated heterocycles. The van der Waals surface area contributed by atoms with Crippen molar-refractivity contribution in [3.63, 3.8) is 0 Å². The molecule has 92 valence electrons. The van der Waals surface area contributed by atoms with Crippen LogP contribution in [0.1, 0.15) is 23.2 Å². The zero-order chi connectivity index (χ0) is 12.3. The van der Waals surface area contributed by atoms with Crippen LogP contribution in [0, 0.1) is 5.82 Å². The summed E-state index contributed by atoms with van der Waals surface area (Å²) >= 11 is 3.19. The Morgan fingerprint density at radius 2 is 2.12 bits per heavy atom. The van der Waals surface area contributed by atoms with Crippen molar-refractivity contribution in [3.8, 4) is 0 Å². The third kappa shape index (κ3) is 3.26. The predicted octanol–water partition coefficient (Wildman–Crippen LogP) is 2.50. The van der Waals surface area contributed by atoms with Gasteiger partial charge in [-0.05, 0) is 47.0 Å². The van der Waals surface area contributed by atoms with Gasteiger partial charge in [0.05, 0.1) is 5.56 Å². The Labute approximate surface area is 107 Å². The molecule has 0 spiro atoms. The molecule has 0 aliphatic carbocycles. The molecule has 2 rings (SSSR count). The molecule has 1 aliphatic rings. The van der Waals surface area contributed by atoms with E-state index in [0.717, 1.165) is 12.8 Å². The van der Waals surface area contributed by atoms with Crippen LogP contribution in [-0.4, -0.2) is 25.2 Å². The largest absolute Gasteiger partial charge is 0.381 e. The summed E-state index contributed by atoms with van der Waals surface area (Å²) in [4.78, 5) is 11.9. The van der Waals surface area contributed by atoms with Crippen LogP contribution in [0.3, 0.4) is 0 Å². The molecule has 1 heterocycles. The van der Waals surface area contributed by atoms with E-state index in [-0.39, 0.29) is 17.8 Å². The molecular weight excluding hydrogens is 289 g/mol. The minimum Gasteiger partial charge on any atom is -0.381 e. The highest BCUT2D eigenvalue weighted by atomic mass is 79.9. The molecule has 1 amide bonds. The third-order valence-corrected chi connectivity index (χ3v) is 3.39. The van der Waals surface area contributed by atoms with Gasteiger partial charge < -0.3 is 10.1 Å². The summed E-state index contributed by atoms with van der Waals surface area (Å²) in [5, 5.41) is 2.92. The van der Waals surface area contributed by atoms with Gasteiger partial charge in [0.25, 0.3) is 5.91 Å². The number of nitrogens with one attached hydrogen (secondary N) is 1. The van der Waals surface area contributed by atoms with Crippen molar-refractivity contribution in [2.75, 3.05) is 13.2 Å². The normalized spacial score (nSPS) is 16.8. The standard InChI is InChI=1S/C12H13BrFNO2/c13-11-7-8(14)1-2-10(11)12(16)15-9-3-5-17-6-4-9/h1-2,7,9H,3-6H2,(H,15,16). The highest BCUT2D eigenvalue weighted by Gasteiger charge is 2.18. The van der Waals surface area contributed by atoms with Gasteiger partial charge >= 0.3 is 0 Å². The molecule has 1 aromatic carbocycles. The zero-order valence-corrected chi connectivity index (χ0v) is 10.8. The van der Waals surface area contributed by atoms with E-state index in [9.17, 15) is 9.18 Å². The van der Waals surface area contributed by atoms with Gasteiger partial charge in [0.2, 0.25) is 0 Å². The Bertz CT molecular complexity index is 419. The van der Waals surface area contributed by atoms with Crippen molar-refractivity contribution in [2.45, 2.75) is 18.9 Å². The van der Waals surface area contributed by atoms with Crippen LogP contribution in [-0.2, 0) is 4.74 Å². The Balaban J connectivity index is 2.03. The second kappa shape index (κ2) is 5.60. The molecule has 1 aromatic rings. The monoisotopic (exact) mass is 301 g/mol. The van der Waals surface area contributed by atoms with Gasteiger partial charge in [-0.15, -0.1) is 0 Å². The van der Waals surface area contributed by atoms with Crippen molar-refractivity contribution in [3.05, 3.63) is 34.1 Å². The first-order valence-electron chi connectivity index (χ1n) is 5.50. The SMILES string of the molecule is O=C(NC1CCOCC1)c1ccc(F)cc1Br. The first-order valence-corrected chi connectivity index (χ1v) is 6.30. The van der Waals surface area contributed by atoms with E-state index < -0.39 is 0 Å². The van der Waals surface area contributed by atoms with Gasteiger partial charge in [-0.3, -0.25) is 4.79 Å². The number of benzene rings is 1. The molecule has 5 heteroatoms. The van der Waals surface area contributed by atoms with Crippen LogP contribution in [0.5, 0.6) is 0 Å². The lowest BCUT2D eigenvalue weighted by atomic mass is 10.1. The van der Waals surface area contributed by atoms with Crippen molar-refractivity contribution < 1.29 is 13.9 Å². The first-order chi connectivity index (χ1) is 8.16. The highest BCUT2D eigenvalue weighted by molar-refractivity contribution is 9.10. The van der Waals surface area contributed by atoms with Gasteiger partial charge in [-0.1, -0.05) is 0 Å². The molecule has 3 nitrogen and oxygen atoms in total. The number of halogens is 2. The Morgan fingerprint density at radius 1 is 1.41 bits per heavy atom. The summed E-state index contributed by atoms with van der Waals surface area (Å²) in [7, 11) is 0. The fourth-order valence-electron chi connectivity index (χ4n) is 1.78. The molecule has 0 atom stereocenters. The van der Waals surface area contributed by atoms with E-state index in [2.05, 4.69) is 21.2 Å². The topological polar surface area (TPSA) is 38.3 Å². The van der Waals surface area contributed by atoms with Crippen molar-refractivity contribution >= 4 is 21.8 Å². The summed E-state index contributed by atoms with van der Waals surface area (Å²) in [6.45, 7) is 1.35. The Hall–Kier alpha value is -0.940. The average Bonchev–Trinajstić information content (AvgIpc) is 2.30. The number of rotatable bonds is 2. The molecule has 0 saturated carbocycles. The fourth-order valence-corrected chi connectivity index (χ4v) is 2.31. The smallest absolute Gasteiger partial charge is 0.252 e. The fraction of sp³-hybridized carbons (Fsp3) is 0.417. The second-order valence-corrected chi connectivity index (χ2v) is 4.84. The molecule has 0 aromatic heterocycles. The van der Waals surface area contributed by atoms with E-state index in [1.807, 2.05) is 0 Å². The van der Waals surface area contributed by atoms with Crippen LogP contribution in [0.2, 0.25) is 0 Å². The second-order valence-electron chi connectivity index (χ2n) is 3.98. The van der Waals surface area contributed by atoms with E-state index in [1.54, 1.807) is 0 Å². The Kier molecular flexibility index (Phi) is 4.12. The first kappa shape index (κ1) is 12.5. The molecule has 1 N–H and O–H groups in total. The predicted molar refractivity (Wildman–Crippen MR) is 65.4 cm³/mol. The number of carbonyl (C=O) groups excluding carboxylic acids is 1. The van der Waals surface area contributed by atoms with Gasteiger partial charge in [-0.2, -0.15) is 0 Å². The van der Waals surface area contributed by atoms with E-state index in [1.165, 1.54) is 18.2 Å². The van der Waals surface area contributed by atoms with Crippen LogP contribution in [0.25, 0.3) is 0 Å². The molecule has 17 heavy (non-hydrogen) atoms. The summed E-state index contributed by atoms with van der Waals surface area (Å²) in [5.74, 6) is -0.539. The number of ether oxygens (including phenoxy) is 1. The highest BCUT2D eigenvalue weighted by Crippen LogP contribution is 2.18. The molecular formula is C12H13BrFNO2. The van der Waals surface area contributed by atoms with Crippen molar-refractivity contribution in [1.82, 2.24) is 5.32 Å². The van der Waals surface area contributed by atoms with Gasteiger partial charge in [-0.25, -0.2) is 4.39 Å². The number of carbonyl (C=O) groups is 1. The molecule has 0 radical (unpaired) electrons. The molecule has 1 fully saturated rings. The average molecular weight is 302 g/mol. The zero-order valence-electron chi connectivity index (χ0n) is 9.21. The van der Waals surface area contributed by atoms with E-state index >= 15 is 0 Å². The maximum atomic E-state index is 12.9. The molecule has 0 bridgehead atoms. The Morgan fingerprint density at radius 3 is 2.76 bits per heavy atom. The minimum atomic E-state index is -0.362. The molecule has 1 aliphatic heterocycles. The minimum absolute atomic E-state index is 0.146. The summed E-state index contributed by atoms with van der Waals surface area (Å²) in [6, 6.07) is 4.20. The number of hydrogen-bond acceptors (Lipinski definition) is 2. The lowest BCUT2D eigenvalue weighted by Crippen LogP contribution is -2.39. The number of hydrogen-bond donors (Lipinski definition) is 1. The van der Waals surface area contributed by atoms with E-state index in [0.29, 0.717) is 23.2 Å². The molecule has 0 unspecified atom stereocenters. The van der Waals surface area contributed by atoms with Gasteiger partial charge in [0.15, 0.2) is 0 Å². The summed E-state index contributed by atoms with van der Waals surface area (Å²) in [5.41, 5.74) is 0.456. The maximum absolute atomic E-state index is 12.9. The van der Waals surface area contributed by atoms with Crippen molar-refractivity contribution in [2.24, 2.45) is 0 Å². The van der Waals surface area contributed by atoms with Crippen LogP contribution >= 0.6 is 15.9 Å². The van der Waals surface area contributed by atoms with E-state index in [4.69, 9.17) is 4.74 Å². The third-order valence-electron chi connectivity index (χ3n) is 2.73. The quantitative estimate of drug-likeness (QED) is 0.911. The number of amides is 1. The van der Waals surface area contributed by atoms with Gasteiger partial charge in [0, 0.05) is 23.7 Å². The van der Waals surface area contributed by atoms with Crippen LogP contribution in [0.15, 0.2) is 22.7 Å². The van der Waals surface area contributed by atoms with Gasteiger partial charge in [0.1, 0.15) is 5.82 Å². The lowest BCUT2D eigenvalue weighted by molar-refractivity contribution is 0.0696. The van der Waals surface area contributed by atoms with Crippen molar-refractivity contribution in [1.29, 1.82) is 0 Å². The summed E-state index contributed by atoms with van der Waals surface area (Å²) < 4.78 is 18.6. The summed E-state index contributed by atoms with van der Waals surface area (Å²) in [6.07, 6.45) is 1.65.